The molecule has 1 aromatic carbocycles. The van der Waals surface area contributed by atoms with Crippen LogP contribution in [0.15, 0.2) is 45.7 Å². The van der Waals surface area contributed by atoms with Gasteiger partial charge in [-0.1, -0.05) is 19.9 Å². The number of hydrogen-bond donors (Lipinski definition) is 1. The molecule has 3 heterocycles. The second-order valence-corrected chi connectivity index (χ2v) is 9.43. The summed E-state index contributed by atoms with van der Waals surface area (Å²) in [7, 11) is 0. The number of hydrogen-bond acceptors (Lipinski definition) is 6. The van der Waals surface area contributed by atoms with Crippen LogP contribution in [-0.4, -0.2) is 55.9 Å². The lowest BCUT2D eigenvalue weighted by Gasteiger charge is -2.41. The molecule has 1 amide bonds. The van der Waals surface area contributed by atoms with Gasteiger partial charge in [-0.25, -0.2) is 9.18 Å². The van der Waals surface area contributed by atoms with Gasteiger partial charge in [0.1, 0.15) is 5.82 Å². The number of aromatic nitrogens is 3. The van der Waals surface area contributed by atoms with Crippen molar-refractivity contribution < 1.29 is 9.18 Å². The van der Waals surface area contributed by atoms with Crippen LogP contribution in [0.2, 0.25) is 0 Å². The van der Waals surface area contributed by atoms with Crippen molar-refractivity contribution in [3.05, 3.63) is 84.3 Å². The Bertz CT molecular complexity index is 1270. The third-order valence-corrected chi connectivity index (χ3v) is 7.05. The van der Waals surface area contributed by atoms with Gasteiger partial charge in [0.25, 0.3) is 11.5 Å². The highest BCUT2D eigenvalue weighted by Gasteiger charge is 2.30. The van der Waals surface area contributed by atoms with E-state index in [1.54, 1.807) is 22.3 Å². The predicted octanol–water partition coefficient (Wildman–Crippen LogP) is 2.48. The number of nitrogens with one attached hydrogen (secondary N) is 1. The number of rotatable bonds is 7. The summed E-state index contributed by atoms with van der Waals surface area (Å²) >= 11 is 1.61. The highest BCUT2D eigenvalue weighted by molar-refractivity contribution is 7.09. The van der Waals surface area contributed by atoms with Crippen molar-refractivity contribution in [1.82, 2.24) is 24.3 Å². The molecule has 0 bridgehead atoms. The number of carbonyl (C=O) groups excluding carboxylic acids is 1. The van der Waals surface area contributed by atoms with Crippen LogP contribution in [0, 0.1) is 5.82 Å². The number of aryl methyl sites for hydroxylation is 1. The van der Waals surface area contributed by atoms with E-state index in [2.05, 4.69) is 21.8 Å². The quantitative estimate of drug-likeness (QED) is 0.555. The lowest BCUT2D eigenvalue weighted by molar-refractivity contribution is 0.0449. The van der Waals surface area contributed by atoms with Gasteiger partial charge in [-0.3, -0.25) is 29.0 Å². The van der Waals surface area contributed by atoms with E-state index < -0.39 is 17.1 Å². The molecular weight excluding hydrogens is 457 g/mol. The van der Waals surface area contributed by atoms with Gasteiger partial charge in [0.05, 0.1) is 17.6 Å². The molecule has 0 unspecified atom stereocenters. The minimum Gasteiger partial charge on any atom is -0.336 e. The molecule has 4 rings (SSSR count). The van der Waals surface area contributed by atoms with E-state index in [4.69, 9.17) is 0 Å². The largest absolute Gasteiger partial charge is 0.336 e. The molecule has 0 radical (unpaired) electrons. The van der Waals surface area contributed by atoms with E-state index >= 15 is 0 Å². The van der Waals surface area contributed by atoms with Crippen LogP contribution >= 0.6 is 11.3 Å². The van der Waals surface area contributed by atoms with Crippen LogP contribution in [0.1, 0.15) is 46.6 Å². The van der Waals surface area contributed by atoms with Gasteiger partial charge >= 0.3 is 5.69 Å². The SMILES string of the molecule is CCc1cn(Cc2ccc(F)c(C(=O)N3CCN(Cc4cncs4)[C@H](CC)C3)c2)c(=O)[nH]c1=O. The average molecular weight is 486 g/mol. The summed E-state index contributed by atoms with van der Waals surface area (Å²) in [4.78, 5) is 49.0. The fourth-order valence-corrected chi connectivity index (χ4v) is 4.94. The van der Waals surface area contributed by atoms with Crippen molar-refractivity contribution in [2.75, 3.05) is 19.6 Å². The van der Waals surface area contributed by atoms with E-state index in [0.29, 0.717) is 37.2 Å². The second-order valence-electron chi connectivity index (χ2n) is 8.46. The van der Waals surface area contributed by atoms with Crippen molar-refractivity contribution in [1.29, 1.82) is 0 Å². The molecule has 2 aromatic heterocycles. The van der Waals surface area contributed by atoms with E-state index in [-0.39, 0.29) is 24.1 Å². The average Bonchev–Trinajstić information content (AvgIpc) is 3.35. The Balaban J connectivity index is 1.51. The molecule has 1 saturated heterocycles. The summed E-state index contributed by atoms with van der Waals surface area (Å²) in [6, 6.07) is 4.50. The molecule has 1 aliphatic rings. The first kappa shape index (κ1) is 24.0. The maximum absolute atomic E-state index is 14.7. The fraction of sp³-hybridized carbons (Fsp3) is 0.417. The van der Waals surface area contributed by atoms with E-state index in [1.807, 2.05) is 18.6 Å². The maximum atomic E-state index is 14.7. The number of aromatic amines is 1. The molecule has 3 aromatic rings. The Morgan fingerprint density at radius 3 is 2.76 bits per heavy atom. The molecule has 1 aliphatic heterocycles. The van der Waals surface area contributed by atoms with Gasteiger partial charge in [-0.15, -0.1) is 11.3 Å². The molecule has 10 heteroatoms. The molecule has 0 saturated carbocycles. The van der Waals surface area contributed by atoms with Crippen LogP contribution in [0.25, 0.3) is 0 Å². The predicted molar refractivity (Wildman–Crippen MR) is 129 cm³/mol. The van der Waals surface area contributed by atoms with Gasteiger partial charge in [0.2, 0.25) is 0 Å². The molecule has 1 fully saturated rings. The molecule has 0 aliphatic carbocycles. The summed E-state index contributed by atoms with van der Waals surface area (Å²) in [5.74, 6) is -0.935. The Labute approximate surface area is 200 Å². The van der Waals surface area contributed by atoms with Gasteiger partial charge in [0, 0.05) is 55.1 Å². The van der Waals surface area contributed by atoms with E-state index in [0.717, 1.165) is 13.0 Å². The zero-order valence-corrected chi connectivity index (χ0v) is 20.1. The zero-order chi connectivity index (χ0) is 24.2. The van der Waals surface area contributed by atoms with Crippen molar-refractivity contribution >= 4 is 17.2 Å². The lowest BCUT2D eigenvalue weighted by atomic mass is 10.1. The van der Waals surface area contributed by atoms with Gasteiger partial charge < -0.3 is 4.90 Å². The third-order valence-electron chi connectivity index (χ3n) is 6.29. The molecular formula is C24H28FN5O3S. The number of carbonyl (C=O) groups is 1. The Morgan fingerprint density at radius 2 is 2.06 bits per heavy atom. The summed E-state index contributed by atoms with van der Waals surface area (Å²) < 4.78 is 16.1. The smallest absolute Gasteiger partial charge is 0.328 e. The van der Waals surface area contributed by atoms with Crippen LogP contribution < -0.4 is 11.2 Å². The number of benzene rings is 1. The third kappa shape index (κ3) is 5.18. The van der Waals surface area contributed by atoms with Crippen LogP contribution in [0.3, 0.4) is 0 Å². The van der Waals surface area contributed by atoms with E-state index in [9.17, 15) is 18.8 Å². The minimum atomic E-state index is -0.586. The van der Waals surface area contributed by atoms with Crippen LogP contribution in [-0.2, 0) is 19.5 Å². The number of nitrogens with zero attached hydrogens (tertiary/aromatic N) is 4. The Morgan fingerprint density at radius 1 is 1.24 bits per heavy atom. The highest BCUT2D eigenvalue weighted by atomic mass is 32.1. The molecule has 34 heavy (non-hydrogen) atoms. The van der Waals surface area contributed by atoms with Crippen molar-refractivity contribution in [3.8, 4) is 0 Å². The molecule has 8 nitrogen and oxygen atoms in total. The van der Waals surface area contributed by atoms with Gasteiger partial charge in [-0.2, -0.15) is 0 Å². The summed E-state index contributed by atoms with van der Waals surface area (Å²) in [5, 5.41) is 0. The summed E-state index contributed by atoms with van der Waals surface area (Å²) in [6.45, 7) is 6.58. The number of piperazine rings is 1. The first-order valence-electron chi connectivity index (χ1n) is 11.4. The summed E-state index contributed by atoms with van der Waals surface area (Å²) in [6.07, 6.45) is 4.74. The van der Waals surface area contributed by atoms with Gasteiger partial charge in [-0.05, 0) is 30.5 Å². The molecule has 0 spiro atoms. The normalized spacial score (nSPS) is 16.7. The number of amides is 1. The second kappa shape index (κ2) is 10.4. The first-order valence-corrected chi connectivity index (χ1v) is 12.3. The molecule has 180 valence electrons. The zero-order valence-electron chi connectivity index (χ0n) is 19.3. The standard InChI is InChI=1S/C24H28FN5O3S/c1-3-17-12-30(24(33)27-22(17)31)11-16-5-6-21(25)20(9-16)23(32)29-8-7-28(18(4-2)13-29)14-19-10-26-15-34-19/h5-6,9-10,12,15,18H,3-4,7-8,11,13-14H2,1-2H3,(H,27,31,33)/t18-/m1/s1. The van der Waals surface area contributed by atoms with Gasteiger partial charge in [0.15, 0.2) is 0 Å². The Kier molecular flexibility index (Phi) is 7.38. The number of thiazole rings is 1. The molecule has 1 atom stereocenters. The van der Waals surface area contributed by atoms with Crippen LogP contribution in [0.5, 0.6) is 0 Å². The topological polar surface area (TPSA) is 91.3 Å². The minimum absolute atomic E-state index is 0.00329. The van der Waals surface area contributed by atoms with Crippen molar-refractivity contribution in [2.24, 2.45) is 0 Å². The maximum Gasteiger partial charge on any atom is 0.328 e. The van der Waals surface area contributed by atoms with Crippen LogP contribution in [0.4, 0.5) is 4.39 Å². The number of H-pyrrole nitrogens is 1. The van der Waals surface area contributed by atoms with Crippen molar-refractivity contribution in [3.63, 3.8) is 0 Å². The molecule has 1 N–H and O–H groups in total. The fourth-order valence-electron chi connectivity index (χ4n) is 4.32. The van der Waals surface area contributed by atoms with E-state index in [1.165, 1.54) is 27.8 Å². The summed E-state index contributed by atoms with van der Waals surface area (Å²) in [5.41, 5.74) is 1.96. The lowest BCUT2D eigenvalue weighted by Crippen LogP contribution is -2.54. The Hall–Kier alpha value is -3.11. The monoisotopic (exact) mass is 485 g/mol. The first-order chi connectivity index (χ1) is 16.4. The van der Waals surface area contributed by atoms with Crippen molar-refractivity contribution in [2.45, 2.75) is 45.8 Å². The number of halogens is 1. The highest BCUT2D eigenvalue weighted by Crippen LogP contribution is 2.21.